The van der Waals surface area contributed by atoms with Gasteiger partial charge in [0.1, 0.15) is 18.3 Å². The highest BCUT2D eigenvalue weighted by Crippen LogP contribution is 2.73. The van der Waals surface area contributed by atoms with E-state index < -0.39 is 80.5 Å². The summed E-state index contributed by atoms with van der Waals surface area (Å²) in [5, 5.41) is 20.9. The lowest BCUT2D eigenvalue weighted by atomic mass is 10.1. The number of hydrogen-bond acceptors (Lipinski definition) is 9. The minimum Gasteiger partial charge on any atom is -0.387 e. The number of nitrogens with zero attached hydrogens (tertiary/aromatic N) is 2. The molecule has 0 saturated carbocycles. The van der Waals surface area contributed by atoms with Crippen LogP contribution in [0.4, 0.5) is 8.78 Å². The number of ether oxygens (including phenoxy) is 1. The third-order valence-electron chi connectivity index (χ3n) is 6.29. The van der Waals surface area contributed by atoms with Crippen LogP contribution in [0.1, 0.15) is 25.6 Å². The Morgan fingerprint density at radius 2 is 1.66 bits per heavy atom. The molecule has 0 amide bonds. The first kappa shape index (κ1) is 30.5. The van der Waals surface area contributed by atoms with Gasteiger partial charge in [-0.25, -0.2) is 4.79 Å². The van der Waals surface area contributed by atoms with Crippen LogP contribution in [0.3, 0.4) is 0 Å². The van der Waals surface area contributed by atoms with Crippen LogP contribution in [-0.2, 0) is 35.4 Å². The van der Waals surface area contributed by atoms with Gasteiger partial charge in [-0.15, -0.1) is 0 Å². The van der Waals surface area contributed by atoms with Crippen molar-refractivity contribution in [1.29, 1.82) is 0 Å². The smallest absolute Gasteiger partial charge is 0.348 e. The molecule has 1 aromatic carbocycles. The predicted octanol–water partition coefficient (Wildman–Crippen LogP) is 1.19. The van der Waals surface area contributed by atoms with Crippen molar-refractivity contribution < 1.29 is 51.7 Å². The number of hydrogen-bond donors (Lipinski definition) is 4. The van der Waals surface area contributed by atoms with E-state index in [1.807, 2.05) is 0 Å². The molecule has 1 saturated heterocycles. The lowest BCUT2D eigenvalue weighted by Gasteiger charge is -2.33. The molecule has 1 aliphatic heterocycles. The summed E-state index contributed by atoms with van der Waals surface area (Å²) >= 11 is 0. The predicted molar refractivity (Wildman–Crippen MR) is 128 cm³/mol. The maximum absolute atomic E-state index is 14.8. The highest BCUT2D eigenvalue weighted by molar-refractivity contribution is 7.73. The zero-order valence-corrected chi connectivity index (χ0v) is 22.2. The topological polar surface area (TPSA) is 187 Å². The molecule has 212 valence electrons. The van der Waals surface area contributed by atoms with Crippen molar-refractivity contribution in [3.8, 4) is 0 Å². The van der Waals surface area contributed by atoms with Crippen molar-refractivity contribution in [2.45, 2.75) is 55.8 Å². The van der Waals surface area contributed by atoms with E-state index in [1.54, 1.807) is 0 Å². The fourth-order valence-electron chi connectivity index (χ4n) is 3.70. The van der Waals surface area contributed by atoms with Crippen molar-refractivity contribution >= 4 is 15.2 Å². The molecule has 17 heteroatoms. The molecule has 0 bridgehead atoms. The maximum Gasteiger partial charge on any atom is 0.348 e. The van der Waals surface area contributed by atoms with Crippen LogP contribution in [0.25, 0.3) is 0 Å². The molecule has 0 spiro atoms. The Morgan fingerprint density at radius 3 is 2.21 bits per heavy atom. The van der Waals surface area contributed by atoms with Crippen molar-refractivity contribution in [1.82, 2.24) is 9.13 Å². The summed E-state index contributed by atoms with van der Waals surface area (Å²) in [5.41, 5.74) is -2.75. The summed E-state index contributed by atoms with van der Waals surface area (Å²) in [4.78, 5) is 42.1. The standard InChI is InChI=1S/C21H28F2N2O11P2/c1-20(2,37(30,31)32)38(33,34-3)35-11-14-16(27)17(28)18(36-14)24-10-9-15(26)25(19(24)29)12-21(22,23)13-7-5-4-6-8-13/h4-10,14,16-18,27-28H,11-12H2,1-3H3,(H2,30,31,32)/t14-,16?,17+,18-,38?/m1/s1. The van der Waals surface area contributed by atoms with Crippen LogP contribution in [0, 0.1) is 0 Å². The quantitative estimate of drug-likeness (QED) is 0.294. The molecule has 4 N–H and O–H groups in total. The molecule has 2 heterocycles. The van der Waals surface area contributed by atoms with E-state index in [0.29, 0.717) is 4.57 Å². The first-order chi connectivity index (χ1) is 17.5. The molecule has 2 aromatic rings. The largest absolute Gasteiger partial charge is 0.387 e. The number of alkyl halides is 2. The summed E-state index contributed by atoms with van der Waals surface area (Å²) < 4.78 is 70.7. The lowest BCUT2D eigenvalue weighted by Crippen LogP contribution is -2.45. The van der Waals surface area contributed by atoms with Crippen molar-refractivity contribution in [3.05, 3.63) is 69.0 Å². The second-order valence-electron chi connectivity index (χ2n) is 9.06. The fraction of sp³-hybridized carbons (Fsp3) is 0.524. The van der Waals surface area contributed by atoms with Crippen molar-refractivity contribution in [3.63, 3.8) is 0 Å². The second kappa shape index (κ2) is 10.8. The Hall–Kier alpha value is -2.06. The van der Waals surface area contributed by atoms with Crippen LogP contribution in [0.2, 0.25) is 0 Å². The average Bonchev–Trinajstić information content (AvgIpc) is 3.13. The van der Waals surface area contributed by atoms with Gasteiger partial charge in [0.05, 0.1) is 13.2 Å². The number of rotatable bonds is 10. The Bertz CT molecular complexity index is 1360. The van der Waals surface area contributed by atoms with Gasteiger partial charge in [0.25, 0.3) is 11.5 Å². The average molecular weight is 584 g/mol. The van der Waals surface area contributed by atoms with Gasteiger partial charge in [-0.2, -0.15) is 8.78 Å². The number of aromatic nitrogens is 2. The van der Waals surface area contributed by atoms with Gasteiger partial charge in [0.2, 0.25) is 0 Å². The number of benzene rings is 1. The maximum atomic E-state index is 14.8. The Kier molecular flexibility index (Phi) is 8.69. The van der Waals surface area contributed by atoms with Crippen LogP contribution < -0.4 is 11.2 Å². The Morgan fingerprint density at radius 1 is 1.05 bits per heavy atom. The highest BCUT2D eigenvalue weighted by Gasteiger charge is 2.56. The molecule has 3 rings (SSSR count). The summed E-state index contributed by atoms with van der Waals surface area (Å²) in [6, 6.07) is 7.31. The highest BCUT2D eigenvalue weighted by atomic mass is 31.2. The first-order valence-electron chi connectivity index (χ1n) is 11.1. The van der Waals surface area contributed by atoms with Gasteiger partial charge in [-0.05, 0) is 13.8 Å². The van der Waals surface area contributed by atoms with Gasteiger partial charge < -0.3 is 33.8 Å². The SMILES string of the molecule is COP(=O)(OC[C@H]1O[C@@H](n2ccc(=O)n(CC(F)(F)c3ccccc3)c2=O)[C@@H](O)C1O)C(C)(C)P(=O)(O)O. The third-order valence-corrected chi connectivity index (χ3v) is 11.5. The molecular weight excluding hydrogens is 556 g/mol. The van der Waals surface area contributed by atoms with E-state index in [9.17, 15) is 47.5 Å². The molecule has 0 aliphatic carbocycles. The number of aliphatic hydroxyl groups is 2. The molecule has 0 radical (unpaired) electrons. The van der Waals surface area contributed by atoms with Gasteiger partial charge in [-0.3, -0.25) is 23.1 Å². The van der Waals surface area contributed by atoms with E-state index in [0.717, 1.165) is 45.4 Å². The van der Waals surface area contributed by atoms with E-state index in [2.05, 4.69) is 0 Å². The van der Waals surface area contributed by atoms with Crippen LogP contribution in [-0.4, -0.2) is 66.1 Å². The van der Waals surface area contributed by atoms with Crippen molar-refractivity contribution in [2.75, 3.05) is 13.7 Å². The van der Waals surface area contributed by atoms with Gasteiger partial charge in [0, 0.05) is 24.9 Å². The minimum atomic E-state index is -5.02. The first-order valence-corrected chi connectivity index (χ1v) is 14.3. The molecule has 1 fully saturated rings. The Labute approximate surface area is 214 Å². The zero-order chi connectivity index (χ0) is 28.7. The summed E-state index contributed by atoms with van der Waals surface area (Å²) in [7, 11) is -8.64. The summed E-state index contributed by atoms with van der Waals surface area (Å²) in [5.74, 6) is -3.61. The van der Waals surface area contributed by atoms with Crippen LogP contribution >= 0.6 is 15.2 Å². The fourth-order valence-corrected chi connectivity index (χ4v) is 6.61. The Balaban J connectivity index is 1.86. The summed E-state index contributed by atoms with van der Waals surface area (Å²) in [6.07, 6.45) is -5.90. The van der Waals surface area contributed by atoms with Gasteiger partial charge >= 0.3 is 20.9 Å². The van der Waals surface area contributed by atoms with Crippen molar-refractivity contribution in [2.24, 2.45) is 0 Å². The van der Waals surface area contributed by atoms with E-state index >= 15 is 0 Å². The normalized spacial score (nSPS) is 24.3. The number of aliphatic hydroxyl groups excluding tert-OH is 2. The molecule has 13 nitrogen and oxygen atoms in total. The van der Waals surface area contributed by atoms with E-state index in [4.69, 9.17) is 13.8 Å². The molecular formula is C21H28F2N2O11P2. The monoisotopic (exact) mass is 584 g/mol. The summed E-state index contributed by atoms with van der Waals surface area (Å²) in [6.45, 7) is -0.211. The third kappa shape index (κ3) is 5.62. The second-order valence-corrected chi connectivity index (χ2v) is 14.4. The van der Waals surface area contributed by atoms with Gasteiger partial charge in [0.15, 0.2) is 11.1 Å². The number of halogens is 2. The van der Waals surface area contributed by atoms with Gasteiger partial charge in [-0.1, -0.05) is 30.3 Å². The van der Waals surface area contributed by atoms with E-state index in [1.165, 1.54) is 18.2 Å². The van der Waals surface area contributed by atoms with Crippen LogP contribution in [0.5, 0.6) is 0 Å². The molecule has 2 unspecified atom stereocenters. The molecule has 1 aliphatic rings. The van der Waals surface area contributed by atoms with E-state index in [-0.39, 0.29) is 4.57 Å². The molecule has 1 aromatic heterocycles. The molecule has 5 atom stereocenters. The zero-order valence-electron chi connectivity index (χ0n) is 20.5. The lowest BCUT2D eigenvalue weighted by molar-refractivity contribution is -0.0560. The van der Waals surface area contributed by atoms with Crippen LogP contribution in [0.15, 0.2) is 52.2 Å². The minimum absolute atomic E-state index is 0.251. The molecule has 38 heavy (non-hydrogen) atoms.